The second-order valence-electron chi connectivity index (χ2n) is 10.3. The highest BCUT2D eigenvalue weighted by molar-refractivity contribution is 7.13. The predicted molar refractivity (Wildman–Crippen MR) is 136 cm³/mol. The van der Waals surface area contributed by atoms with Crippen molar-refractivity contribution in [2.24, 2.45) is 0 Å². The molecule has 1 heterocycles. The van der Waals surface area contributed by atoms with Gasteiger partial charge in [-0.05, 0) is 51.1 Å². The van der Waals surface area contributed by atoms with Crippen molar-refractivity contribution >= 4 is 17.6 Å². The van der Waals surface area contributed by atoms with E-state index in [4.69, 9.17) is 9.47 Å². The number of phenols is 1. The maximum atomic E-state index is 12.7. The summed E-state index contributed by atoms with van der Waals surface area (Å²) in [6, 6.07) is 11.8. The standard InChI is InChI=1S/C28H34O4S/c1-27(2,3)20-14-17(15-21(25(20)30)28(4,5)6)19(16-29)24-22(31-7)12-11-18(26(24)32-8)23-10-9-13-33-23/h9-16,19,30H,1-8H3. The molecule has 0 aliphatic carbocycles. The molecule has 2 aromatic carbocycles. The molecule has 0 aliphatic rings. The summed E-state index contributed by atoms with van der Waals surface area (Å²) in [6.07, 6.45) is 0.934. The molecule has 3 rings (SSSR count). The van der Waals surface area contributed by atoms with Crippen molar-refractivity contribution < 1.29 is 19.4 Å². The van der Waals surface area contributed by atoms with Crippen LogP contribution < -0.4 is 9.47 Å². The number of ether oxygens (including phenoxy) is 2. The lowest BCUT2D eigenvalue weighted by molar-refractivity contribution is -0.108. The molecule has 1 atom stereocenters. The second kappa shape index (κ2) is 9.22. The highest BCUT2D eigenvalue weighted by atomic mass is 32.1. The van der Waals surface area contributed by atoms with Crippen molar-refractivity contribution in [2.45, 2.75) is 58.3 Å². The molecule has 0 saturated heterocycles. The van der Waals surface area contributed by atoms with Gasteiger partial charge in [-0.2, -0.15) is 0 Å². The number of rotatable bonds is 6. The minimum absolute atomic E-state index is 0.287. The number of aromatic hydroxyl groups is 1. The average molecular weight is 467 g/mol. The summed E-state index contributed by atoms with van der Waals surface area (Å²) in [5.41, 5.74) is 3.42. The third-order valence-corrected chi connectivity index (χ3v) is 6.82. The van der Waals surface area contributed by atoms with Gasteiger partial charge in [0, 0.05) is 10.4 Å². The molecule has 1 N–H and O–H groups in total. The van der Waals surface area contributed by atoms with E-state index in [2.05, 4.69) is 41.5 Å². The minimum atomic E-state index is -0.627. The molecule has 0 amide bonds. The fraction of sp³-hybridized carbons (Fsp3) is 0.393. The number of carbonyl (C=O) groups excluding carboxylic acids is 1. The second-order valence-corrected chi connectivity index (χ2v) is 11.3. The van der Waals surface area contributed by atoms with Crippen molar-refractivity contribution in [3.05, 3.63) is 64.0 Å². The Morgan fingerprint density at radius 1 is 0.939 bits per heavy atom. The van der Waals surface area contributed by atoms with Gasteiger partial charge in [0.05, 0.1) is 25.7 Å². The zero-order chi connectivity index (χ0) is 24.6. The van der Waals surface area contributed by atoms with Crippen molar-refractivity contribution in [1.29, 1.82) is 0 Å². The van der Waals surface area contributed by atoms with Gasteiger partial charge in [0.2, 0.25) is 0 Å². The summed E-state index contributed by atoms with van der Waals surface area (Å²) < 4.78 is 11.6. The lowest BCUT2D eigenvalue weighted by atomic mass is 9.76. The molecule has 0 aliphatic heterocycles. The van der Waals surface area contributed by atoms with Gasteiger partial charge in [-0.15, -0.1) is 11.3 Å². The van der Waals surface area contributed by atoms with Gasteiger partial charge in [-0.25, -0.2) is 0 Å². The van der Waals surface area contributed by atoms with Crippen LogP contribution >= 0.6 is 11.3 Å². The van der Waals surface area contributed by atoms with Crippen LogP contribution in [0.1, 0.15) is 69.7 Å². The smallest absolute Gasteiger partial charge is 0.135 e. The van der Waals surface area contributed by atoms with E-state index in [-0.39, 0.29) is 16.6 Å². The van der Waals surface area contributed by atoms with Crippen LogP contribution in [0.5, 0.6) is 17.2 Å². The van der Waals surface area contributed by atoms with Gasteiger partial charge in [-0.3, -0.25) is 0 Å². The first kappa shape index (κ1) is 24.8. The topological polar surface area (TPSA) is 55.8 Å². The number of hydrogen-bond donors (Lipinski definition) is 1. The summed E-state index contributed by atoms with van der Waals surface area (Å²) in [6.45, 7) is 12.4. The third-order valence-electron chi connectivity index (χ3n) is 5.92. The monoisotopic (exact) mass is 466 g/mol. The Balaban J connectivity index is 2.36. The van der Waals surface area contributed by atoms with E-state index in [9.17, 15) is 9.90 Å². The van der Waals surface area contributed by atoms with E-state index in [0.29, 0.717) is 17.1 Å². The molecule has 4 nitrogen and oxygen atoms in total. The summed E-state index contributed by atoms with van der Waals surface area (Å²) >= 11 is 1.61. The summed E-state index contributed by atoms with van der Waals surface area (Å²) in [5.74, 6) is 0.871. The molecule has 0 spiro atoms. The van der Waals surface area contributed by atoms with E-state index in [0.717, 1.165) is 33.4 Å². The van der Waals surface area contributed by atoms with Crippen molar-refractivity contribution in [3.8, 4) is 27.7 Å². The number of benzene rings is 2. The number of methoxy groups -OCH3 is 2. The average Bonchev–Trinajstić information content (AvgIpc) is 3.27. The van der Waals surface area contributed by atoms with Gasteiger partial charge < -0.3 is 19.4 Å². The zero-order valence-electron chi connectivity index (χ0n) is 20.8. The van der Waals surface area contributed by atoms with Gasteiger partial charge in [0.1, 0.15) is 23.5 Å². The molecule has 0 bridgehead atoms. The van der Waals surface area contributed by atoms with Crippen molar-refractivity contribution in [2.75, 3.05) is 14.2 Å². The molecule has 5 heteroatoms. The van der Waals surface area contributed by atoms with Crippen molar-refractivity contribution in [3.63, 3.8) is 0 Å². The quantitative estimate of drug-likeness (QED) is 0.395. The van der Waals surface area contributed by atoms with Crippen LogP contribution in [-0.4, -0.2) is 25.6 Å². The van der Waals surface area contributed by atoms with E-state index in [1.54, 1.807) is 25.6 Å². The van der Waals surface area contributed by atoms with Crippen LogP contribution in [0.2, 0.25) is 0 Å². The van der Waals surface area contributed by atoms with Crippen LogP contribution in [0.15, 0.2) is 41.8 Å². The summed E-state index contributed by atoms with van der Waals surface area (Å²) in [7, 11) is 3.22. The molecular formula is C28H34O4S. The third kappa shape index (κ3) is 4.79. The van der Waals surface area contributed by atoms with Crippen LogP contribution in [0.25, 0.3) is 10.4 Å². The van der Waals surface area contributed by atoms with Gasteiger partial charge in [0.25, 0.3) is 0 Å². The van der Waals surface area contributed by atoms with E-state index < -0.39 is 5.92 Å². The number of hydrogen-bond acceptors (Lipinski definition) is 5. The normalized spacial score (nSPS) is 13.0. The Kier molecular flexibility index (Phi) is 6.94. The fourth-order valence-corrected chi connectivity index (χ4v) is 4.94. The molecule has 0 radical (unpaired) electrons. The Morgan fingerprint density at radius 3 is 1.97 bits per heavy atom. The van der Waals surface area contributed by atoms with Gasteiger partial charge in [-0.1, -0.05) is 59.7 Å². The summed E-state index contributed by atoms with van der Waals surface area (Å²) in [4.78, 5) is 13.7. The molecule has 176 valence electrons. The van der Waals surface area contributed by atoms with E-state index >= 15 is 0 Å². The minimum Gasteiger partial charge on any atom is -0.507 e. The van der Waals surface area contributed by atoms with E-state index in [1.165, 1.54) is 0 Å². The SMILES string of the molecule is COc1ccc(-c2cccs2)c(OC)c1C(C=O)c1cc(C(C)(C)C)c(O)c(C(C)(C)C)c1. The molecule has 1 unspecified atom stereocenters. The largest absolute Gasteiger partial charge is 0.507 e. The van der Waals surface area contributed by atoms with Crippen molar-refractivity contribution in [1.82, 2.24) is 0 Å². The Hall–Kier alpha value is -2.79. The zero-order valence-corrected chi connectivity index (χ0v) is 21.6. The Bertz CT molecular complexity index is 1100. The lowest BCUT2D eigenvalue weighted by Crippen LogP contribution is -2.19. The first-order valence-corrected chi connectivity index (χ1v) is 11.9. The van der Waals surface area contributed by atoms with E-state index in [1.807, 2.05) is 41.8 Å². The number of carbonyl (C=O) groups is 1. The molecule has 0 saturated carbocycles. The van der Waals surface area contributed by atoms with Crippen LogP contribution in [0.3, 0.4) is 0 Å². The molecule has 33 heavy (non-hydrogen) atoms. The highest BCUT2D eigenvalue weighted by Gasteiger charge is 2.31. The lowest BCUT2D eigenvalue weighted by Gasteiger charge is -2.30. The first-order valence-electron chi connectivity index (χ1n) is 11.1. The van der Waals surface area contributed by atoms with Crippen LogP contribution in [0.4, 0.5) is 0 Å². The van der Waals surface area contributed by atoms with Crippen LogP contribution in [-0.2, 0) is 15.6 Å². The number of thiophene rings is 1. The Morgan fingerprint density at radius 2 is 1.55 bits per heavy atom. The highest BCUT2D eigenvalue weighted by Crippen LogP contribution is 2.47. The fourth-order valence-electron chi connectivity index (χ4n) is 4.19. The summed E-state index contributed by atoms with van der Waals surface area (Å²) in [5, 5.41) is 13.2. The molecule has 1 aromatic heterocycles. The van der Waals surface area contributed by atoms with Crippen LogP contribution in [0, 0.1) is 0 Å². The predicted octanol–water partition coefficient (Wildman–Crippen LogP) is 7.06. The van der Waals surface area contributed by atoms with Gasteiger partial charge >= 0.3 is 0 Å². The first-order chi connectivity index (χ1) is 15.4. The number of aldehydes is 1. The molecule has 0 fully saturated rings. The maximum Gasteiger partial charge on any atom is 0.135 e. The number of phenolic OH excluding ortho intramolecular Hbond substituents is 1. The molecular weight excluding hydrogens is 432 g/mol. The molecule has 3 aromatic rings. The van der Waals surface area contributed by atoms with Gasteiger partial charge in [0.15, 0.2) is 0 Å². The maximum absolute atomic E-state index is 12.7. The Labute approximate surface area is 201 Å².